The molecule has 0 aliphatic rings. The van der Waals surface area contributed by atoms with Crippen molar-refractivity contribution in [3.8, 4) is 0 Å². The number of rotatable bonds is 4. The number of nitrogens with one attached hydrogen (secondary N) is 1. The van der Waals surface area contributed by atoms with Gasteiger partial charge in [0.25, 0.3) is 0 Å². The van der Waals surface area contributed by atoms with E-state index in [1.807, 2.05) is 13.8 Å². The van der Waals surface area contributed by atoms with E-state index in [4.69, 9.17) is 10.3 Å². The molecule has 0 aliphatic heterocycles. The minimum Gasteiger partial charge on any atom is -0.346 e. The van der Waals surface area contributed by atoms with Crippen LogP contribution in [0.2, 0.25) is 0 Å². The van der Waals surface area contributed by atoms with Gasteiger partial charge in [-0.15, -0.1) is 12.4 Å². The van der Waals surface area contributed by atoms with Crippen molar-refractivity contribution in [3.63, 3.8) is 0 Å². The lowest BCUT2D eigenvalue weighted by Gasteiger charge is -2.14. The topological polar surface area (TPSA) is 94.0 Å². The fourth-order valence-corrected chi connectivity index (χ4v) is 0.995. The van der Waals surface area contributed by atoms with E-state index in [2.05, 4.69) is 15.5 Å². The molecule has 7 heteroatoms. The number of amides is 1. The van der Waals surface area contributed by atoms with Crippen LogP contribution >= 0.6 is 12.4 Å². The van der Waals surface area contributed by atoms with Gasteiger partial charge in [0, 0.05) is 0 Å². The molecule has 0 saturated heterocycles. The molecule has 1 aromatic heterocycles. The van der Waals surface area contributed by atoms with Gasteiger partial charge in [-0.05, 0) is 12.8 Å². The standard InChI is InChI=1S/C9H16N4O2.ClH/c1-5(2)8(10)9(14)11-4-7-12-6(3)13-15-7;/h5,8H,4,10H2,1-3H3,(H,11,14);1H. The number of nitrogens with two attached hydrogens (primary N) is 1. The maximum Gasteiger partial charge on any atom is 0.246 e. The fraction of sp³-hybridized carbons (Fsp3) is 0.667. The normalized spacial score (nSPS) is 12.1. The zero-order valence-corrected chi connectivity index (χ0v) is 10.4. The van der Waals surface area contributed by atoms with E-state index >= 15 is 0 Å². The molecule has 0 spiro atoms. The molecule has 0 bridgehead atoms. The highest BCUT2D eigenvalue weighted by molar-refractivity contribution is 5.85. The lowest BCUT2D eigenvalue weighted by molar-refractivity contribution is -0.123. The summed E-state index contributed by atoms with van der Waals surface area (Å²) in [6, 6.07) is -0.506. The Balaban J connectivity index is 0.00000225. The van der Waals surface area contributed by atoms with Gasteiger partial charge in [-0.1, -0.05) is 19.0 Å². The highest BCUT2D eigenvalue weighted by Crippen LogP contribution is 1.99. The highest BCUT2D eigenvalue weighted by atomic mass is 35.5. The number of halogens is 1. The van der Waals surface area contributed by atoms with Gasteiger partial charge in [0.1, 0.15) is 0 Å². The van der Waals surface area contributed by atoms with Gasteiger partial charge in [0.05, 0.1) is 12.6 Å². The fourth-order valence-electron chi connectivity index (χ4n) is 0.995. The number of carbonyl (C=O) groups is 1. The molecule has 1 heterocycles. The third-order valence-electron chi connectivity index (χ3n) is 2.00. The minimum absolute atomic E-state index is 0. The molecule has 16 heavy (non-hydrogen) atoms. The summed E-state index contributed by atoms with van der Waals surface area (Å²) >= 11 is 0. The van der Waals surface area contributed by atoms with Crippen LogP contribution in [0.3, 0.4) is 0 Å². The first-order valence-corrected chi connectivity index (χ1v) is 4.83. The van der Waals surface area contributed by atoms with Crippen LogP contribution in [0.15, 0.2) is 4.52 Å². The summed E-state index contributed by atoms with van der Waals surface area (Å²) in [5, 5.41) is 6.24. The predicted octanol–water partition coefficient (Wildman–Crippen LogP) is 0.399. The number of hydrogen-bond acceptors (Lipinski definition) is 5. The second kappa shape index (κ2) is 6.44. The van der Waals surface area contributed by atoms with Crippen LogP contribution in [0, 0.1) is 12.8 Å². The quantitative estimate of drug-likeness (QED) is 0.804. The SMILES string of the molecule is Cc1noc(CNC(=O)C(N)C(C)C)n1.Cl. The monoisotopic (exact) mass is 248 g/mol. The zero-order chi connectivity index (χ0) is 11.4. The smallest absolute Gasteiger partial charge is 0.246 e. The van der Waals surface area contributed by atoms with Crippen LogP contribution in [-0.4, -0.2) is 22.1 Å². The van der Waals surface area contributed by atoms with Crippen molar-refractivity contribution >= 4 is 18.3 Å². The molecule has 0 saturated carbocycles. The Kier molecular flexibility index (Phi) is 5.98. The molecule has 1 aromatic rings. The third-order valence-corrected chi connectivity index (χ3v) is 2.00. The van der Waals surface area contributed by atoms with E-state index in [-0.39, 0.29) is 30.8 Å². The van der Waals surface area contributed by atoms with Crippen LogP contribution in [0.25, 0.3) is 0 Å². The Morgan fingerprint density at radius 3 is 2.62 bits per heavy atom. The summed E-state index contributed by atoms with van der Waals surface area (Å²) in [4.78, 5) is 15.4. The van der Waals surface area contributed by atoms with Gasteiger partial charge in [-0.2, -0.15) is 4.98 Å². The molecule has 0 aliphatic carbocycles. The zero-order valence-electron chi connectivity index (χ0n) is 9.56. The molecule has 3 N–H and O–H groups in total. The second-order valence-corrected chi connectivity index (χ2v) is 3.72. The molecule has 0 aromatic carbocycles. The molecular formula is C9H17ClN4O2. The van der Waals surface area contributed by atoms with Crippen molar-refractivity contribution < 1.29 is 9.32 Å². The summed E-state index contributed by atoms with van der Waals surface area (Å²) in [6.45, 7) is 5.72. The van der Waals surface area contributed by atoms with E-state index in [1.54, 1.807) is 6.92 Å². The van der Waals surface area contributed by atoms with E-state index in [0.717, 1.165) is 0 Å². The molecule has 1 amide bonds. The number of hydrogen-bond donors (Lipinski definition) is 2. The van der Waals surface area contributed by atoms with E-state index < -0.39 is 6.04 Å². The van der Waals surface area contributed by atoms with E-state index in [1.165, 1.54) is 0 Å². The van der Waals surface area contributed by atoms with Crippen molar-refractivity contribution in [1.29, 1.82) is 0 Å². The van der Waals surface area contributed by atoms with Crippen LogP contribution < -0.4 is 11.1 Å². The van der Waals surface area contributed by atoms with Gasteiger partial charge in [-0.3, -0.25) is 4.79 Å². The Morgan fingerprint density at radius 1 is 1.56 bits per heavy atom. The molecular weight excluding hydrogens is 232 g/mol. The van der Waals surface area contributed by atoms with Crippen molar-refractivity contribution in [2.24, 2.45) is 11.7 Å². The maximum atomic E-state index is 11.4. The first-order chi connectivity index (χ1) is 7.00. The van der Waals surface area contributed by atoms with Gasteiger partial charge in [-0.25, -0.2) is 0 Å². The molecule has 0 fully saturated rings. The van der Waals surface area contributed by atoms with E-state index in [9.17, 15) is 4.79 Å². The first-order valence-electron chi connectivity index (χ1n) is 4.83. The average Bonchev–Trinajstić information content (AvgIpc) is 2.59. The van der Waals surface area contributed by atoms with Crippen LogP contribution in [0.4, 0.5) is 0 Å². The molecule has 92 valence electrons. The Morgan fingerprint density at radius 2 is 2.19 bits per heavy atom. The Hall–Kier alpha value is -1.14. The number of carbonyl (C=O) groups excluding carboxylic acids is 1. The lowest BCUT2D eigenvalue weighted by Crippen LogP contribution is -2.43. The molecule has 1 atom stereocenters. The van der Waals surface area contributed by atoms with Gasteiger partial charge >= 0.3 is 0 Å². The van der Waals surface area contributed by atoms with Crippen molar-refractivity contribution in [1.82, 2.24) is 15.5 Å². The number of nitrogens with zero attached hydrogens (tertiary/aromatic N) is 2. The summed E-state index contributed by atoms with van der Waals surface area (Å²) in [5.74, 6) is 0.833. The van der Waals surface area contributed by atoms with Gasteiger partial charge < -0.3 is 15.6 Å². The Labute approximate surface area is 100 Å². The molecule has 6 nitrogen and oxygen atoms in total. The van der Waals surface area contributed by atoms with Crippen LogP contribution in [-0.2, 0) is 11.3 Å². The summed E-state index contributed by atoms with van der Waals surface area (Å²) in [5.41, 5.74) is 5.65. The molecule has 1 unspecified atom stereocenters. The van der Waals surface area contributed by atoms with Gasteiger partial charge in [0.15, 0.2) is 5.82 Å². The van der Waals surface area contributed by atoms with Crippen molar-refractivity contribution in [3.05, 3.63) is 11.7 Å². The van der Waals surface area contributed by atoms with E-state index in [0.29, 0.717) is 11.7 Å². The largest absolute Gasteiger partial charge is 0.346 e. The van der Waals surface area contributed by atoms with Crippen molar-refractivity contribution in [2.75, 3.05) is 0 Å². The maximum absolute atomic E-state index is 11.4. The van der Waals surface area contributed by atoms with Gasteiger partial charge in [0.2, 0.25) is 11.8 Å². The van der Waals surface area contributed by atoms with Crippen molar-refractivity contribution in [2.45, 2.75) is 33.4 Å². The average molecular weight is 249 g/mol. The summed E-state index contributed by atoms with van der Waals surface area (Å²) in [7, 11) is 0. The predicted molar refractivity (Wildman–Crippen MR) is 60.9 cm³/mol. The third kappa shape index (κ3) is 4.16. The number of aromatic nitrogens is 2. The lowest BCUT2D eigenvalue weighted by atomic mass is 10.1. The summed E-state index contributed by atoms with van der Waals surface area (Å²) in [6.07, 6.45) is 0. The van der Waals surface area contributed by atoms with Crippen LogP contribution in [0.5, 0.6) is 0 Å². The minimum atomic E-state index is -0.506. The molecule has 0 radical (unpaired) electrons. The summed E-state index contributed by atoms with van der Waals surface area (Å²) < 4.78 is 4.84. The second-order valence-electron chi connectivity index (χ2n) is 3.72. The Bertz CT molecular complexity index is 340. The first kappa shape index (κ1) is 14.9. The highest BCUT2D eigenvalue weighted by Gasteiger charge is 2.17. The molecule has 1 rings (SSSR count). The number of aryl methyl sites for hydroxylation is 1. The van der Waals surface area contributed by atoms with Crippen LogP contribution in [0.1, 0.15) is 25.6 Å².